The second kappa shape index (κ2) is 18.2. The van der Waals surface area contributed by atoms with Gasteiger partial charge in [0.25, 0.3) is 0 Å². The average Bonchev–Trinajstić information content (AvgIpc) is 3.73. The molecule has 21 nitrogen and oxygen atoms in total. The highest BCUT2D eigenvalue weighted by molar-refractivity contribution is 7.98. The van der Waals surface area contributed by atoms with Crippen molar-refractivity contribution in [3.8, 4) is 0 Å². The molecule has 2 aromatic heterocycles. The van der Waals surface area contributed by atoms with Crippen molar-refractivity contribution in [1.82, 2.24) is 19.5 Å². The van der Waals surface area contributed by atoms with Crippen LogP contribution in [0.5, 0.6) is 0 Å². The van der Waals surface area contributed by atoms with Crippen molar-refractivity contribution >= 4 is 75.5 Å². The molecule has 2 amide bonds. The number of phosphoric acid groups is 2. The van der Waals surface area contributed by atoms with E-state index in [0.29, 0.717) is 0 Å². The minimum atomic E-state index is -5.83. The smallest absolute Gasteiger partial charge is 0.439 e. The maximum atomic E-state index is 13.6. The van der Waals surface area contributed by atoms with Gasteiger partial charge in [0, 0.05) is 11.4 Å². The average molecular weight is 902 g/mol. The van der Waals surface area contributed by atoms with Gasteiger partial charge in [0.2, 0.25) is 0 Å². The standard InChI is InChI=1S/C32H32F2N7O14P3S/c1-59-30-39-27(35)24-28(40-30)41(17-36-24)29-26(53-32(43)38-22-13-9-20(34)10-14-22)25(52-31(42)37-21-11-7-19(33)8-12-21)23(51-29)15-50-57(46,47)55-58(48,49)54-56(44,45)16-18-5-3-2-4-6-18/h2-14,17,23,25-26,29H,15-16H2,1H3,(H,37,42)(H,38,43)(H,44,45)(H,46,47)(H,48,49)(H2,35,39,40)/t23-,25?,26+,29-/m1/s1. The molecule has 27 heteroatoms. The Morgan fingerprint density at radius 2 is 1.42 bits per heavy atom. The van der Waals surface area contributed by atoms with Gasteiger partial charge in [-0.25, -0.2) is 46.8 Å². The molecule has 0 aliphatic carbocycles. The minimum Gasteiger partial charge on any atom is -0.439 e. The number of amides is 2. The Hall–Kier alpha value is -4.83. The highest BCUT2D eigenvalue weighted by Gasteiger charge is 2.52. The van der Waals surface area contributed by atoms with Gasteiger partial charge in [-0.2, -0.15) is 4.31 Å². The normalized spacial score (nSPS) is 20.8. The maximum absolute atomic E-state index is 13.6. The van der Waals surface area contributed by atoms with E-state index >= 15 is 0 Å². The van der Waals surface area contributed by atoms with Gasteiger partial charge in [-0.15, -0.1) is 0 Å². The number of hydrogen-bond donors (Lipinski definition) is 6. The number of nitrogens with two attached hydrogens (primary N) is 1. The van der Waals surface area contributed by atoms with E-state index in [0.717, 1.165) is 36.0 Å². The number of hydrogen-bond acceptors (Lipinski definition) is 16. The molecule has 1 aliphatic heterocycles. The summed E-state index contributed by atoms with van der Waals surface area (Å²) in [5.41, 5.74) is 6.52. The SMILES string of the molecule is CSc1nc(N)c2ncn([C@@H]3O[C@H](COP(=O)(O)OP(=O)(O)OP(=O)(O)Cc4ccccc4)C(OC(=O)Nc4ccc(F)cc4)[C@@H]3OC(=O)Nc3ccc(F)cc3)c2n1. The highest BCUT2D eigenvalue weighted by atomic mass is 32.2. The quantitative estimate of drug-likeness (QED) is 0.0388. The predicted octanol–water partition coefficient (Wildman–Crippen LogP) is 6.18. The number of phosphoric ester groups is 1. The lowest BCUT2D eigenvalue weighted by atomic mass is 10.1. The van der Waals surface area contributed by atoms with Gasteiger partial charge in [-0.3, -0.25) is 24.3 Å². The summed E-state index contributed by atoms with van der Waals surface area (Å²) in [5, 5.41) is 4.89. The molecule has 1 fully saturated rings. The summed E-state index contributed by atoms with van der Waals surface area (Å²) in [4.78, 5) is 70.3. The fraction of sp³-hybridized carbons (Fsp3) is 0.219. The van der Waals surface area contributed by atoms with E-state index in [-0.39, 0.29) is 39.1 Å². The Kier molecular flexibility index (Phi) is 13.5. The Bertz CT molecular complexity index is 2460. The van der Waals surface area contributed by atoms with Crippen LogP contribution in [0.25, 0.3) is 11.2 Å². The van der Waals surface area contributed by atoms with E-state index < -0.39 is 84.4 Å². The number of rotatable bonds is 15. The van der Waals surface area contributed by atoms with Gasteiger partial charge in [-0.1, -0.05) is 42.1 Å². The van der Waals surface area contributed by atoms with Crippen LogP contribution in [0.4, 0.5) is 35.6 Å². The van der Waals surface area contributed by atoms with Crippen LogP contribution in [0.15, 0.2) is 90.3 Å². The first kappa shape index (κ1) is 43.7. The molecule has 0 bridgehead atoms. The second-order valence-electron chi connectivity index (χ2n) is 12.2. The first-order valence-electron chi connectivity index (χ1n) is 16.6. The lowest BCUT2D eigenvalue weighted by Gasteiger charge is -2.25. The molecule has 1 aliphatic rings. The summed E-state index contributed by atoms with van der Waals surface area (Å²) in [6.07, 6.45) is -7.26. The summed E-state index contributed by atoms with van der Waals surface area (Å²) < 4.78 is 97.8. The fourth-order valence-electron chi connectivity index (χ4n) is 5.48. The van der Waals surface area contributed by atoms with Crippen LogP contribution in [-0.2, 0) is 47.2 Å². The summed E-state index contributed by atoms with van der Waals surface area (Å²) in [5.74, 6) is -1.29. The van der Waals surface area contributed by atoms with Crippen molar-refractivity contribution in [2.24, 2.45) is 0 Å². The lowest BCUT2D eigenvalue weighted by molar-refractivity contribution is -0.0514. The Morgan fingerprint density at radius 1 is 0.847 bits per heavy atom. The maximum Gasteiger partial charge on any atom is 0.488 e. The van der Waals surface area contributed by atoms with Crippen LogP contribution < -0.4 is 16.4 Å². The van der Waals surface area contributed by atoms with Gasteiger partial charge in [0.15, 0.2) is 35.1 Å². The van der Waals surface area contributed by atoms with Crippen molar-refractivity contribution in [3.05, 3.63) is 102 Å². The van der Waals surface area contributed by atoms with E-state index in [9.17, 15) is 46.7 Å². The number of carbonyl (C=O) groups is 2. The van der Waals surface area contributed by atoms with Crippen molar-refractivity contribution in [2.75, 3.05) is 29.2 Å². The van der Waals surface area contributed by atoms with Crippen molar-refractivity contribution < 1.29 is 74.1 Å². The lowest BCUT2D eigenvalue weighted by Crippen LogP contribution is -2.42. The molecule has 5 aromatic rings. The molecule has 4 unspecified atom stereocenters. The summed E-state index contributed by atoms with van der Waals surface area (Å²) in [6, 6.07) is 16.5. The number of nitrogens with one attached hydrogen (secondary N) is 2. The first-order valence-corrected chi connectivity index (χ1v) is 22.6. The molecule has 3 heterocycles. The number of fused-ring (bicyclic) bond motifs is 1. The van der Waals surface area contributed by atoms with Crippen molar-refractivity contribution in [1.29, 1.82) is 0 Å². The molecular formula is C32H32F2N7O14P3S. The topological polar surface area (TPSA) is 295 Å². The zero-order valence-corrected chi connectivity index (χ0v) is 33.5. The van der Waals surface area contributed by atoms with E-state index in [4.69, 9.17) is 24.5 Å². The number of benzene rings is 3. The van der Waals surface area contributed by atoms with Gasteiger partial charge in [-0.05, 0) is 60.4 Å². The molecular weight excluding hydrogens is 869 g/mol. The predicted molar refractivity (Wildman–Crippen MR) is 204 cm³/mol. The number of halogens is 2. The van der Waals surface area contributed by atoms with Gasteiger partial charge in [0.1, 0.15) is 23.3 Å². The van der Waals surface area contributed by atoms with Crippen LogP contribution in [0.1, 0.15) is 11.8 Å². The number of nitrogen functional groups attached to an aromatic ring is 1. The van der Waals surface area contributed by atoms with E-state index in [2.05, 4.69) is 34.2 Å². The monoisotopic (exact) mass is 901 g/mol. The molecule has 0 saturated carbocycles. The van der Waals surface area contributed by atoms with Crippen LogP contribution in [0, 0.1) is 11.6 Å². The molecule has 6 rings (SSSR count). The van der Waals surface area contributed by atoms with Crippen molar-refractivity contribution in [3.63, 3.8) is 0 Å². The van der Waals surface area contributed by atoms with Crippen molar-refractivity contribution in [2.45, 2.75) is 35.9 Å². The number of nitrogens with zero attached hydrogens (tertiary/aromatic N) is 4. The summed E-state index contributed by atoms with van der Waals surface area (Å²) in [6.45, 7) is -1.14. The van der Waals surface area contributed by atoms with Gasteiger partial charge in [0.05, 0.1) is 19.1 Å². The third kappa shape index (κ3) is 11.7. The number of anilines is 3. The van der Waals surface area contributed by atoms with E-state index in [1.807, 2.05) is 0 Å². The number of ether oxygens (including phenoxy) is 3. The third-order valence-electron chi connectivity index (χ3n) is 7.90. The van der Waals surface area contributed by atoms with E-state index in [1.54, 1.807) is 12.3 Å². The second-order valence-corrected chi connectivity index (χ2v) is 18.0. The molecule has 0 spiro atoms. The molecule has 3 aromatic carbocycles. The Labute approximate surface area is 335 Å². The van der Waals surface area contributed by atoms with Crippen LogP contribution in [-0.4, -0.2) is 77.6 Å². The zero-order valence-electron chi connectivity index (χ0n) is 30.0. The van der Waals surface area contributed by atoms with Crippen LogP contribution >= 0.6 is 35.0 Å². The molecule has 314 valence electrons. The number of thioether (sulfide) groups is 1. The van der Waals surface area contributed by atoms with Gasteiger partial charge >= 0.3 is 35.4 Å². The highest BCUT2D eigenvalue weighted by Crippen LogP contribution is 2.68. The van der Waals surface area contributed by atoms with E-state index in [1.165, 1.54) is 59.4 Å². The Morgan fingerprint density at radius 3 is 2.00 bits per heavy atom. The number of aromatic nitrogens is 4. The molecule has 59 heavy (non-hydrogen) atoms. The summed E-state index contributed by atoms with van der Waals surface area (Å²) >= 11 is 1.11. The largest absolute Gasteiger partial charge is 0.488 e. The number of imidazole rings is 1. The van der Waals surface area contributed by atoms with Crippen LogP contribution in [0.3, 0.4) is 0 Å². The molecule has 1 saturated heterocycles. The minimum absolute atomic E-state index is 0.0222. The third-order valence-corrected chi connectivity index (χ3v) is 13.2. The van der Waals surface area contributed by atoms with Crippen LogP contribution in [0.2, 0.25) is 0 Å². The Balaban J connectivity index is 1.30. The van der Waals surface area contributed by atoms with Gasteiger partial charge < -0.3 is 34.6 Å². The zero-order chi connectivity index (χ0) is 42.5. The first-order chi connectivity index (χ1) is 27.9. The fourth-order valence-corrected chi connectivity index (χ4v) is 9.99. The number of carbonyl (C=O) groups excluding carboxylic acids is 2. The molecule has 7 atom stereocenters. The molecule has 0 radical (unpaired) electrons. The summed E-state index contributed by atoms with van der Waals surface area (Å²) in [7, 11) is -16.5. The molecule has 7 N–H and O–H groups in total.